The number of aromatic nitrogens is 1. The molecule has 0 bridgehead atoms. The first-order valence-corrected chi connectivity index (χ1v) is 11.0. The largest absolute Gasteiger partial charge is 0.488 e. The van der Waals surface area contributed by atoms with Crippen molar-refractivity contribution in [3.8, 4) is 28.1 Å². The molecule has 1 heterocycles. The number of carboxylic acids is 1. The highest BCUT2D eigenvalue weighted by Gasteiger charge is 2.35. The van der Waals surface area contributed by atoms with Crippen LogP contribution >= 0.6 is 0 Å². The Morgan fingerprint density at radius 3 is 2.28 bits per heavy atom. The lowest BCUT2D eigenvalue weighted by atomic mass is 9.99. The molecule has 0 saturated carbocycles. The van der Waals surface area contributed by atoms with Crippen molar-refractivity contribution in [2.75, 3.05) is 0 Å². The first-order valence-electron chi connectivity index (χ1n) is 11.0. The van der Waals surface area contributed by atoms with E-state index in [2.05, 4.69) is 4.98 Å². The number of nitrogens with zero attached hydrogens (tertiary/aromatic N) is 1. The van der Waals surface area contributed by atoms with E-state index < -0.39 is 29.7 Å². The molecule has 3 N–H and O–H groups in total. The van der Waals surface area contributed by atoms with Crippen LogP contribution in [0.1, 0.15) is 30.4 Å². The Bertz CT molecular complexity index is 1350. The standard InChI is InChI=1S/C27H23F3N2O4/c1-26(31,14-24(33)34)25-32-22(16-36-25)20-11-12-23(21(13-20)27(28,29)30)35-15-17-7-9-19(10-8-17)18-5-3-2-4-6-18/h2-13,16H,14-15,31H2,1H3,(H,33,34)/t26-/m0/s1. The number of halogens is 3. The van der Waals surface area contributed by atoms with Gasteiger partial charge in [-0.2, -0.15) is 13.2 Å². The number of oxazole rings is 1. The summed E-state index contributed by atoms with van der Waals surface area (Å²) in [5.41, 5.74) is 6.53. The number of nitrogens with two attached hydrogens (primary N) is 1. The minimum absolute atomic E-state index is 0.0493. The average Bonchev–Trinajstić information content (AvgIpc) is 3.34. The van der Waals surface area contributed by atoms with Crippen LogP contribution in [0.2, 0.25) is 0 Å². The van der Waals surface area contributed by atoms with Crippen molar-refractivity contribution >= 4 is 5.97 Å². The van der Waals surface area contributed by atoms with E-state index in [1.807, 2.05) is 54.6 Å². The predicted octanol–water partition coefficient (Wildman–Crippen LogP) is 6.26. The Morgan fingerprint density at radius 1 is 1.00 bits per heavy atom. The molecule has 0 radical (unpaired) electrons. The summed E-state index contributed by atoms with van der Waals surface area (Å²) in [5.74, 6) is -1.57. The van der Waals surface area contributed by atoms with Gasteiger partial charge in [0.2, 0.25) is 5.89 Å². The number of alkyl halides is 3. The second-order valence-corrected chi connectivity index (χ2v) is 8.59. The molecular weight excluding hydrogens is 473 g/mol. The molecule has 0 aliphatic rings. The van der Waals surface area contributed by atoms with Crippen molar-refractivity contribution in [1.82, 2.24) is 4.98 Å². The summed E-state index contributed by atoms with van der Waals surface area (Å²) in [5, 5.41) is 9.00. The Labute approximate surface area is 205 Å². The molecule has 0 spiro atoms. The highest BCUT2D eigenvalue weighted by Crippen LogP contribution is 2.39. The maximum absolute atomic E-state index is 13.8. The molecule has 1 atom stereocenters. The third-order valence-electron chi connectivity index (χ3n) is 5.55. The molecule has 36 heavy (non-hydrogen) atoms. The summed E-state index contributed by atoms with van der Waals surface area (Å²) in [6.07, 6.45) is -3.99. The quantitative estimate of drug-likeness (QED) is 0.299. The third-order valence-corrected chi connectivity index (χ3v) is 5.55. The van der Waals surface area contributed by atoms with Crippen LogP contribution in [0.5, 0.6) is 5.75 Å². The summed E-state index contributed by atoms with van der Waals surface area (Å²) >= 11 is 0. The number of carboxylic acid groups (broad SMARTS) is 1. The zero-order chi connectivity index (χ0) is 25.9. The smallest absolute Gasteiger partial charge is 0.419 e. The van der Waals surface area contributed by atoms with E-state index in [1.54, 1.807) is 0 Å². The molecule has 1 aromatic heterocycles. The van der Waals surface area contributed by atoms with Crippen LogP contribution in [-0.4, -0.2) is 16.1 Å². The second kappa shape index (κ2) is 9.87. The van der Waals surface area contributed by atoms with Crippen molar-refractivity contribution in [2.45, 2.75) is 31.7 Å². The maximum Gasteiger partial charge on any atom is 0.419 e. The SMILES string of the molecule is C[C@](N)(CC(=O)O)c1nc(-c2ccc(OCc3ccc(-c4ccccc4)cc3)c(C(F)(F)F)c2)co1. The van der Waals surface area contributed by atoms with Gasteiger partial charge in [-0.05, 0) is 41.8 Å². The Hall–Kier alpha value is -4.11. The molecular formula is C27H23F3N2O4. The van der Waals surface area contributed by atoms with E-state index in [1.165, 1.54) is 19.1 Å². The zero-order valence-corrected chi connectivity index (χ0v) is 19.3. The maximum atomic E-state index is 13.8. The summed E-state index contributed by atoms with van der Waals surface area (Å²) in [6, 6.07) is 20.7. The molecule has 6 nitrogen and oxygen atoms in total. The zero-order valence-electron chi connectivity index (χ0n) is 19.3. The van der Waals surface area contributed by atoms with E-state index in [0.29, 0.717) is 5.56 Å². The number of ether oxygens (including phenoxy) is 1. The van der Waals surface area contributed by atoms with E-state index in [4.69, 9.17) is 20.0 Å². The molecule has 0 amide bonds. The molecule has 4 aromatic rings. The molecule has 0 aliphatic carbocycles. The molecule has 3 aromatic carbocycles. The first kappa shape index (κ1) is 25.0. The van der Waals surface area contributed by atoms with Crippen molar-refractivity contribution in [3.63, 3.8) is 0 Å². The van der Waals surface area contributed by atoms with Crippen molar-refractivity contribution < 1.29 is 32.2 Å². The van der Waals surface area contributed by atoms with Crippen LogP contribution in [0.15, 0.2) is 83.5 Å². The van der Waals surface area contributed by atoms with Gasteiger partial charge >= 0.3 is 12.1 Å². The van der Waals surface area contributed by atoms with E-state index in [9.17, 15) is 18.0 Å². The highest BCUT2D eigenvalue weighted by molar-refractivity contribution is 5.68. The predicted molar refractivity (Wildman–Crippen MR) is 127 cm³/mol. The third kappa shape index (κ3) is 5.75. The summed E-state index contributed by atoms with van der Waals surface area (Å²) in [7, 11) is 0. The summed E-state index contributed by atoms with van der Waals surface area (Å²) in [6.45, 7) is 1.37. The van der Waals surface area contributed by atoms with E-state index in [0.717, 1.165) is 23.5 Å². The molecule has 186 valence electrons. The van der Waals surface area contributed by atoms with Crippen LogP contribution in [0, 0.1) is 0 Å². The molecule has 0 saturated heterocycles. The highest BCUT2D eigenvalue weighted by atomic mass is 19.4. The van der Waals surface area contributed by atoms with E-state index in [-0.39, 0.29) is 29.5 Å². The Morgan fingerprint density at radius 2 is 1.64 bits per heavy atom. The number of aliphatic carboxylic acids is 1. The van der Waals surface area contributed by atoms with Crippen LogP contribution in [-0.2, 0) is 23.1 Å². The van der Waals surface area contributed by atoms with Gasteiger partial charge in [0.05, 0.1) is 12.0 Å². The van der Waals surface area contributed by atoms with Crippen LogP contribution in [0.3, 0.4) is 0 Å². The lowest BCUT2D eigenvalue weighted by Crippen LogP contribution is -2.35. The molecule has 0 unspecified atom stereocenters. The van der Waals surface area contributed by atoms with Crippen LogP contribution in [0.4, 0.5) is 13.2 Å². The Kier molecular flexibility index (Phi) is 6.85. The number of carbonyl (C=O) groups is 1. The van der Waals surface area contributed by atoms with Gasteiger partial charge in [0.15, 0.2) is 0 Å². The first-order chi connectivity index (χ1) is 17.0. The molecule has 9 heteroatoms. The average molecular weight is 496 g/mol. The molecule has 0 fully saturated rings. The number of benzene rings is 3. The van der Waals surface area contributed by atoms with Gasteiger partial charge in [-0.25, -0.2) is 4.98 Å². The van der Waals surface area contributed by atoms with Gasteiger partial charge in [0.1, 0.15) is 29.9 Å². The lowest BCUT2D eigenvalue weighted by molar-refractivity contribution is -0.139. The lowest BCUT2D eigenvalue weighted by Gasteiger charge is -2.17. The van der Waals surface area contributed by atoms with Gasteiger partial charge in [-0.3, -0.25) is 4.79 Å². The fourth-order valence-electron chi connectivity index (χ4n) is 3.68. The second-order valence-electron chi connectivity index (χ2n) is 8.59. The molecule has 0 aliphatic heterocycles. The number of hydrogen-bond acceptors (Lipinski definition) is 5. The monoisotopic (exact) mass is 496 g/mol. The topological polar surface area (TPSA) is 98.6 Å². The summed E-state index contributed by atoms with van der Waals surface area (Å²) < 4.78 is 52.3. The number of hydrogen-bond donors (Lipinski definition) is 2. The fraction of sp³-hybridized carbons (Fsp3) is 0.185. The van der Waals surface area contributed by atoms with Gasteiger partial charge in [-0.15, -0.1) is 0 Å². The van der Waals surface area contributed by atoms with Crippen molar-refractivity contribution in [2.24, 2.45) is 5.73 Å². The van der Waals surface area contributed by atoms with Gasteiger partial charge in [0, 0.05) is 5.56 Å². The van der Waals surface area contributed by atoms with Crippen LogP contribution < -0.4 is 10.5 Å². The molecule has 4 rings (SSSR count). The number of rotatable bonds is 8. The minimum atomic E-state index is -4.68. The Balaban J connectivity index is 1.54. The van der Waals surface area contributed by atoms with E-state index >= 15 is 0 Å². The van der Waals surface area contributed by atoms with Gasteiger partial charge in [0.25, 0.3) is 0 Å². The van der Waals surface area contributed by atoms with Gasteiger partial charge < -0.3 is 20.0 Å². The minimum Gasteiger partial charge on any atom is -0.488 e. The fourth-order valence-corrected chi connectivity index (χ4v) is 3.68. The van der Waals surface area contributed by atoms with Crippen molar-refractivity contribution in [3.05, 3.63) is 96.1 Å². The van der Waals surface area contributed by atoms with Crippen molar-refractivity contribution in [1.29, 1.82) is 0 Å². The van der Waals surface area contributed by atoms with Crippen LogP contribution in [0.25, 0.3) is 22.4 Å². The summed E-state index contributed by atoms with van der Waals surface area (Å²) in [4.78, 5) is 15.1. The normalized spacial score (nSPS) is 13.2. The van der Waals surface area contributed by atoms with Gasteiger partial charge in [-0.1, -0.05) is 54.6 Å².